The van der Waals surface area contributed by atoms with Gasteiger partial charge in [0.2, 0.25) is 5.91 Å². The summed E-state index contributed by atoms with van der Waals surface area (Å²) in [5, 5.41) is 7.36. The topological polar surface area (TPSA) is 54.0 Å². The Morgan fingerprint density at radius 2 is 2.25 bits per heavy atom. The Kier molecular flexibility index (Phi) is 3.92. The lowest BCUT2D eigenvalue weighted by molar-refractivity contribution is -0.116. The summed E-state index contributed by atoms with van der Waals surface area (Å²) in [7, 11) is 0. The SMILES string of the molecule is O=C(CCC1CCNC1)Nc1cccc2cccnc12. The molecule has 0 saturated carbocycles. The standard InChI is InChI=1S/C16H19N3O/c20-15(7-6-12-8-10-17-11-12)19-14-5-1-3-13-4-2-9-18-16(13)14/h1-5,9,12,17H,6-8,10-11H2,(H,19,20). The largest absolute Gasteiger partial charge is 0.324 e. The summed E-state index contributed by atoms with van der Waals surface area (Å²) in [5.74, 6) is 0.724. The summed E-state index contributed by atoms with van der Waals surface area (Å²) in [6, 6.07) is 9.76. The van der Waals surface area contributed by atoms with Crippen LogP contribution in [0, 0.1) is 5.92 Å². The van der Waals surface area contributed by atoms with E-state index < -0.39 is 0 Å². The molecule has 1 amide bonds. The molecule has 1 aromatic carbocycles. The molecule has 1 aliphatic heterocycles. The third-order valence-electron chi connectivity index (χ3n) is 3.85. The summed E-state index contributed by atoms with van der Waals surface area (Å²) >= 11 is 0. The monoisotopic (exact) mass is 269 g/mol. The maximum atomic E-state index is 12.1. The highest BCUT2D eigenvalue weighted by molar-refractivity contribution is 6.00. The van der Waals surface area contributed by atoms with E-state index in [1.165, 1.54) is 6.42 Å². The van der Waals surface area contributed by atoms with Gasteiger partial charge in [-0.15, -0.1) is 0 Å². The van der Waals surface area contributed by atoms with E-state index in [0.717, 1.165) is 36.1 Å². The van der Waals surface area contributed by atoms with Crippen molar-refractivity contribution in [1.82, 2.24) is 10.3 Å². The molecule has 1 atom stereocenters. The number of rotatable bonds is 4. The van der Waals surface area contributed by atoms with Crippen molar-refractivity contribution < 1.29 is 4.79 Å². The van der Waals surface area contributed by atoms with Crippen LogP contribution in [0.4, 0.5) is 5.69 Å². The molecule has 0 bridgehead atoms. The van der Waals surface area contributed by atoms with Crippen molar-refractivity contribution in [3.63, 3.8) is 0 Å². The van der Waals surface area contributed by atoms with Gasteiger partial charge in [0.15, 0.2) is 0 Å². The molecule has 3 rings (SSSR count). The number of anilines is 1. The van der Waals surface area contributed by atoms with E-state index in [2.05, 4.69) is 15.6 Å². The van der Waals surface area contributed by atoms with Gasteiger partial charge in [0.1, 0.15) is 0 Å². The summed E-state index contributed by atoms with van der Waals surface area (Å²) in [5.41, 5.74) is 1.66. The zero-order valence-electron chi connectivity index (χ0n) is 11.4. The molecule has 2 aromatic rings. The number of amides is 1. The lowest BCUT2D eigenvalue weighted by atomic mass is 10.0. The van der Waals surface area contributed by atoms with Crippen LogP contribution in [0.2, 0.25) is 0 Å². The normalized spacial score (nSPS) is 18.3. The molecule has 20 heavy (non-hydrogen) atoms. The molecule has 1 saturated heterocycles. The van der Waals surface area contributed by atoms with Crippen LogP contribution < -0.4 is 10.6 Å². The van der Waals surface area contributed by atoms with Gasteiger partial charge >= 0.3 is 0 Å². The fourth-order valence-electron chi connectivity index (χ4n) is 2.71. The Hall–Kier alpha value is -1.94. The summed E-state index contributed by atoms with van der Waals surface area (Å²) in [6.45, 7) is 2.13. The zero-order valence-corrected chi connectivity index (χ0v) is 11.4. The fourth-order valence-corrected chi connectivity index (χ4v) is 2.71. The number of nitrogens with one attached hydrogen (secondary N) is 2. The first-order chi connectivity index (χ1) is 9.83. The second kappa shape index (κ2) is 6.01. The van der Waals surface area contributed by atoms with Crippen LogP contribution in [0.1, 0.15) is 19.3 Å². The molecule has 104 valence electrons. The highest BCUT2D eigenvalue weighted by atomic mass is 16.1. The minimum Gasteiger partial charge on any atom is -0.324 e. The van der Waals surface area contributed by atoms with Crippen molar-refractivity contribution in [3.8, 4) is 0 Å². The van der Waals surface area contributed by atoms with E-state index in [0.29, 0.717) is 12.3 Å². The van der Waals surface area contributed by atoms with E-state index in [1.807, 2.05) is 30.3 Å². The molecule has 2 N–H and O–H groups in total. The molecule has 1 aromatic heterocycles. The third kappa shape index (κ3) is 2.96. The predicted molar refractivity (Wildman–Crippen MR) is 80.6 cm³/mol. The van der Waals surface area contributed by atoms with Crippen LogP contribution in [0.5, 0.6) is 0 Å². The minimum atomic E-state index is 0.0788. The molecular weight excluding hydrogens is 250 g/mol. The number of hydrogen-bond donors (Lipinski definition) is 2. The number of carbonyl (C=O) groups is 1. The van der Waals surface area contributed by atoms with Crippen molar-refractivity contribution in [2.75, 3.05) is 18.4 Å². The fraction of sp³-hybridized carbons (Fsp3) is 0.375. The Morgan fingerprint density at radius 1 is 1.35 bits per heavy atom. The Bertz CT molecular complexity index is 600. The molecule has 1 fully saturated rings. The molecule has 0 spiro atoms. The molecule has 4 heteroatoms. The lowest BCUT2D eigenvalue weighted by Crippen LogP contribution is -2.15. The van der Waals surface area contributed by atoms with Gasteiger partial charge in [-0.25, -0.2) is 0 Å². The summed E-state index contributed by atoms with van der Waals surface area (Å²) < 4.78 is 0. The van der Waals surface area contributed by atoms with Gasteiger partial charge < -0.3 is 10.6 Å². The van der Waals surface area contributed by atoms with Gasteiger partial charge in [-0.1, -0.05) is 18.2 Å². The van der Waals surface area contributed by atoms with E-state index in [1.54, 1.807) is 6.20 Å². The highest BCUT2D eigenvalue weighted by Gasteiger charge is 2.16. The zero-order chi connectivity index (χ0) is 13.8. The number of pyridine rings is 1. The smallest absolute Gasteiger partial charge is 0.224 e. The number of nitrogens with zero attached hydrogens (tertiary/aromatic N) is 1. The first kappa shape index (κ1) is 13.1. The number of benzene rings is 1. The molecule has 2 heterocycles. The van der Waals surface area contributed by atoms with E-state index >= 15 is 0 Å². The number of para-hydroxylation sites is 1. The number of aromatic nitrogens is 1. The van der Waals surface area contributed by atoms with Gasteiger partial charge in [0, 0.05) is 18.0 Å². The van der Waals surface area contributed by atoms with Crippen LogP contribution in [0.3, 0.4) is 0 Å². The third-order valence-corrected chi connectivity index (χ3v) is 3.85. The summed E-state index contributed by atoms with van der Waals surface area (Å²) in [6.07, 6.45) is 4.47. The maximum Gasteiger partial charge on any atom is 0.224 e. The average molecular weight is 269 g/mol. The van der Waals surface area contributed by atoms with Gasteiger partial charge in [-0.3, -0.25) is 9.78 Å². The minimum absolute atomic E-state index is 0.0788. The van der Waals surface area contributed by atoms with Crippen LogP contribution in [0.15, 0.2) is 36.5 Å². The average Bonchev–Trinajstić information content (AvgIpc) is 2.99. The Labute approximate surface area is 118 Å². The molecule has 1 aliphatic rings. The highest BCUT2D eigenvalue weighted by Crippen LogP contribution is 2.21. The first-order valence-electron chi connectivity index (χ1n) is 7.17. The quantitative estimate of drug-likeness (QED) is 0.897. The van der Waals surface area contributed by atoms with Crippen molar-refractivity contribution in [3.05, 3.63) is 36.5 Å². The predicted octanol–water partition coefficient (Wildman–Crippen LogP) is 2.56. The number of fused-ring (bicyclic) bond motifs is 1. The van der Waals surface area contributed by atoms with Crippen LogP contribution in [-0.4, -0.2) is 24.0 Å². The van der Waals surface area contributed by atoms with Crippen LogP contribution in [-0.2, 0) is 4.79 Å². The van der Waals surface area contributed by atoms with Crippen molar-refractivity contribution in [2.24, 2.45) is 5.92 Å². The molecule has 0 aliphatic carbocycles. The van der Waals surface area contributed by atoms with Crippen LogP contribution >= 0.6 is 0 Å². The van der Waals surface area contributed by atoms with Gasteiger partial charge in [0.05, 0.1) is 11.2 Å². The van der Waals surface area contributed by atoms with Gasteiger partial charge in [-0.05, 0) is 44.0 Å². The van der Waals surface area contributed by atoms with E-state index in [4.69, 9.17) is 0 Å². The van der Waals surface area contributed by atoms with E-state index in [9.17, 15) is 4.79 Å². The van der Waals surface area contributed by atoms with Gasteiger partial charge in [-0.2, -0.15) is 0 Å². The van der Waals surface area contributed by atoms with Gasteiger partial charge in [0.25, 0.3) is 0 Å². The number of hydrogen-bond acceptors (Lipinski definition) is 3. The maximum absolute atomic E-state index is 12.1. The first-order valence-corrected chi connectivity index (χ1v) is 7.17. The summed E-state index contributed by atoms with van der Waals surface area (Å²) in [4.78, 5) is 16.4. The van der Waals surface area contributed by atoms with Crippen molar-refractivity contribution >= 4 is 22.5 Å². The Morgan fingerprint density at radius 3 is 3.10 bits per heavy atom. The second-order valence-electron chi connectivity index (χ2n) is 5.33. The van der Waals surface area contributed by atoms with Crippen molar-refractivity contribution in [1.29, 1.82) is 0 Å². The molecule has 4 nitrogen and oxygen atoms in total. The Balaban J connectivity index is 1.65. The molecule has 0 radical (unpaired) electrons. The van der Waals surface area contributed by atoms with Crippen molar-refractivity contribution in [2.45, 2.75) is 19.3 Å². The van der Waals surface area contributed by atoms with E-state index in [-0.39, 0.29) is 5.91 Å². The lowest BCUT2D eigenvalue weighted by Gasteiger charge is -2.10. The number of carbonyl (C=O) groups excluding carboxylic acids is 1. The molecule has 1 unspecified atom stereocenters. The molecular formula is C16H19N3O. The van der Waals surface area contributed by atoms with Crippen LogP contribution in [0.25, 0.3) is 10.9 Å². The second-order valence-corrected chi connectivity index (χ2v) is 5.33.